The van der Waals surface area contributed by atoms with E-state index in [0.29, 0.717) is 38.5 Å². The molecule has 2 atom stereocenters. The van der Waals surface area contributed by atoms with Crippen molar-refractivity contribution in [3.05, 3.63) is 93.4 Å². The van der Waals surface area contributed by atoms with Crippen LogP contribution in [0.2, 0.25) is 0 Å². The molecule has 14 nitrogen and oxygen atoms in total. The molecule has 4 heterocycles. The van der Waals surface area contributed by atoms with E-state index in [2.05, 4.69) is 59.7 Å². The van der Waals surface area contributed by atoms with E-state index in [1.807, 2.05) is 19.1 Å². The van der Waals surface area contributed by atoms with E-state index in [4.69, 9.17) is 9.47 Å². The van der Waals surface area contributed by atoms with Gasteiger partial charge in [-0.15, -0.1) is 21.5 Å². The van der Waals surface area contributed by atoms with Crippen LogP contribution in [0.25, 0.3) is 10.6 Å². The van der Waals surface area contributed by atoms with Crippen LogP contribution in [0, 0.1) is 26.7 Å². The number of hydrogen-bond acceptors (Lipinski definition) is 11. The predicted octanol–water partition coefficient (Wildman–Crippen LogP) is 6.01. The van der Waals surface area contributed by atoms with E-state index in [1.165, 1.54) is 23.4 Å². The van der Waals surface area contributed by atoms with Crippen molar-refractivity contribution in [2.24, 2.45) is 5.92 Å². The molecule has 1 fully saturated rings. The van der Waals surface area contributed by atoms with Gasteiger partial charge in [-0.05, 0) is 80.5 Å². The number of aromatic nitrogens is 3. The Bertz CT molecular complexity index is 2170. The quantitative estimate of drug-likeness (QED) is 0.0896. The fourth-order valence-corrected chi connectivity index (χ4v) is 7.93. The molecule has 0 radical (unpaired) electrons. The number of hydrogen-bond donors (Lipinski definition) is 3. The number of ether oxygens (including phenoxy) is 2. The zero-order valence-electron chi connectivity index (χ0n) is 34.0. The van der Waals surface area contributed by atoms with Crippen LogP contribution in [0.4, 0.5) is 0 Å². The fraction of sp³-hybridized carbons (Fsp3) is 0.419. The standard InChI is InChI=1S/C22H27N3OS.C21H25N3O7/c1-7-13(2)12-20-24-23-17(6)25(20)22-21(14(3)16(5)27-22)15(4)18-8-10-19(26)11-9-18;1-13(25)22-9-3-10-30-11-4-12-31-16-6-2-5-14-18(16)21(29)24(20(14)28)15-7-8-17(26)23-19(15)27/h8-11,13,26H,4,7,12H2,1-3,5-6H3;2,5-6,15H,3-4,7-12H2,1H3,(H,22,25)(H,23,26,27). The number of aryl methyl sites for hydroxylation is 2. The van der Waals surface area contributed by atoms with E-state index in [-0.39, 0.29) is 48.0 Å². The van der Waals surface area contributed by atoms with Gasteiger partial charge in [-0.2, -0.15) is 0 Å². The predicted molar refractivity (Wildman–Crippen MR) is 220 cm³/mol. The summed E-state index contributed by atoms with van der Waals surface area (Å²) in [5, 5.41) is 24.4. The van der Waals surface area contributed by atoms with Crippen LogP contribution in [0.1, 0.15) is 107 Å². The third kappa shape index (κ3) is 10.1. The van der Waals surface area contributed by atoms with Crippen LogP contribution in [-0.4, -0.2) is 86.7 Å². The lowest BCUT2D eigenvalue weighted by atomic mass is 9.97. The van der Waals surface area contributed by atoms with Crippen LogP contribution < -0.4 is 15.4 Å². The number of thiophene rings is 1. The zero-order chi connectivity index (χ0) is 42.1. The Morgan fingerprint density at radius 2 is 1.76 bits per heavy atom. The summed E-state index contributed by atoms with van der Waals surface area (Å²) in [6.07, 6.45) is 3.46. The van der Waals surface area contributed by atoms with Crippen LogP contribution in [0.5, 0.6) is 11.5 Å². The summed E-state index contributed by atoms with van der Waals surface area (Å²) in [6.45, 7) is 18.4. The van der Waals surface area contributed by atoms with E-state index in [0.717, 1.165) is 51.1 Å². The molecule has 2 unspecified atom stereocenters. The molecule has 1 saturated heterocycles. The molecule has 5 amide bonds. The topological polar surface area (TPSA) is 182 Å². The SMILES string of the molecule is C=C(c1ccc(O)cc1)c1c(-n2c(C)nnc2CC(C)CC)sc(C)c1C.CC(=O)NCCCOCCCOc1cccc2c1C(=O)N(C1CCC(=O)NC1=O)C2=O. The third-order valence-electron chi connectivity index (χ3n) is 10.2. The second-order valence-corrected chi connectivity index (χ2v) is 15.7. The number of imide groups is 2. The second-order valence-electron chi connectivity index (χ2n) is 14.5. The number of benzene rings is 2. The Kier molecular flexibility index (Phi) is 14.7. The van der Waals surface area contributed by atoms with Crippen molar-refractivity contribution < 1.29 is 38.6 Å². The van der Waals surface area contributed by atoms with Crippen molar-refractivity contribution in [2.75, 3.05) is 26.4 Å². The summed E-state index contributed by atoms with van der Waals surface area (Å²) >= 11 is 1.76. The maximum absolute atomic E-state index is 12.9. The maximum Gasteiger partial charge on any atom is 0.266 e. The Morgan fingerprint density at radius 1 is 1.03 bits per heavy atom. The Morgan fingerprint density at radius 3 is 2.45 bits per heavy atom. The van der Waals surface area contributed by atoms with E-state index in [1.54, 1.807) is 35.6 Å². The van der Waals surface area contributed by atoms with E-state index < -0.39 is 29.7 Å². The Balaban J connectivity index is 0.000000223. The van der Waals surface area contributed by atoms with Gasteiger partial charge < -0.3 is 19.9 Å². The lowest BCUT2D eigenvalue weighted by molar-refractivity contribution is -0.136. The number of piperidine rings is 1. The molecule has 0 bridgehead atoms. The summed E-state index contributed by atoms with van der Waals surface area (Å²) < 4.78 is 13.4. The molecular weight excluding hydrogens is 761 g/mol. The van der Waals surface area contributed by atoms with E-state index in [9.17, 15) is 29.1 Å². The number of nitrogens with zero attached hydrogens (tertiary/aromatic N) is 4. The first-order valence-corrected chi connectivity index (χ1v) is 20.3. The fourth-order valence-electron chi connectivity index (χ4n) is 6.68. The van der Waals surface area contributed by atoms with Crippen molar-refractivity contribution >= 4 is 46.4 Å². The molecule has 2 aromatic heterocycles. The minimum atomic E-state index is -1.01. The number of nitrogens with one attached hydrogen (secondary N) is 2. The highest BCUT2D eigenvalue weighted by Gasteiger charge is 2.46. The molecule has 308 valence electrons. The Hall–Kier alpha value is -5.67. The van der Waals surface area contributed by atoms with Gasteiger partial charge in [0.1, 0.15) is 34.2 Å². The number of fused-ring (bicyclic) bond motifs is 1. The van der Waals surface area contributed by atoms with Crippen LogP contribution in [0.15, 0.2) is 49.0 Å². The van der Waals surface area contributed by atoms with Crippen LogP contribution in [0.3, 0.4) is 0 Å². The molecule has 6 rings (SSSR count). The second kappa shape index (κ2) is 19.7. The molecule has 0 saturated carbocycles. The molecule has 4 aromatic rings. The number of phenols is 1. The first kappa shape index (κ1) is 43.5. The van der Waals surface area contributed by atoms with Crippen molar-refractivity contribution in [2.45, 2.75) is 86.1 Å². The lowest BCUT2D eigenvalue weighted by Crippen LogP contribution is -2.54. The summed E-state index contributed by atoms with van der Waals surface area (Å²) in [5.41, 5.74) is 4.64. The molecule has 2 aliphatic rings. The number of carbonyl (C=O) groups excluding carboxylic acids is 5. The van der Waals surface area contributed by atoms with Crippen LogP contribution in [-0.2, 0) is 25.5 Å². The average Bonchev–Trinajstić information content (AvgIpc) is 3.79. The van der Waals surface area contributed by atoms with Crippen LogP contribution >= 0.6 is 11.3 Å². The van der Waals surface area contributed by atoms with Crippen molar-refractivity contribution in [3.8, 4) is 16.5 Å². The van der Waals surface area contributed by atoms with Gasteiger partial charge in [0.2, 0.25) is 17.7 Å². The highest BCUT2D eigenvalue weighted by atomic mass is 32.1. The molecular formula is C43H52N6O8S. The lowest BCUT2D eigenvalue weighted by Gasteiger charge is -2.27. The van der Waals surface area contributed by atoms with Gasteiger partial charge in [0.05, 0.1) is 17.7 Å². The molecule has 2 aromatic carbocycles. The number of phenolic OH excluding ortho intramolecular Hbond substituents is 1. The monoisotopic (exact) mass is 812 g/mol. The highest BCUT2D eigenvalue weighted by Crippen LogP contribution is 2.39. The van der Waals surface area contributed by atoms with Gasteiger partial charge in [0.25, 0.3) is 11.8 Å². The molecule has 3 N–H and O–H groups in total. The van der Waals surface area contributed by atoms with Gasteiger partial charge >= 0.3 is 0 Å². The van der Waals surface area contributed by atoms with Gasteiger partial charge in [-0.3, -0.25) is 38.8 Å². The minimum Gasteiger partial charge on any atom is -0.508 e. The first-order chi connectivity index (χ1) is 27.7. The molecule has 58 heavy (non-hydrogen) atoms. The molecule has 0 spiro atoms. The number of carbonyl (C=O) groups is 5. The smallest absolute Gasteiger partial charge is 0.266 e. The Labute approximate surface area is 342 Å². The minimum absolute atomic E-state index is 0.0674. The summed E-state index contributed by atoms with van der Waals surface area (Å²) in [5.74, 6) is 0.681. The van der Waals surface area contributed by atoms with Gasteiger partial charge in [-0.1, -0.05) is 45.0 Å². The number of aromatic hydroxyl groups is 1. The van der Waals surface area contributed by atoms with E-state index >= 15 is 0 Å². The van der Waals surface area contributed by atoms with Crippen molar-refractivity contribution in [3.63, 3.8) is 0 Å². The average molecular weight is 813 g/mol. The first-order valence-electron chi connectivity index (χ1n) is 19.5. The third-order valence-corrected chi connectivity index (χ3v) is 11.4. The largest absolute Gasteiger partial charge is 0.508 e. The molecule has 2 aliphatic heterocycles. The number of rotatable bonds is 16. The highest BCUT2D eigenvalue weighted by molar-refractivity contribution is 7.15. The summed E-state index contributed by atoms with van der Waals surface area (Å²) in [7, 11) is 0. The molecule has 0 aliphatic carbocycles. The molecule has 15 heteroatoms. The van der Waals surface area contributed by atoms with Crippen molar-refractivity contribution in [1.29, 1.82) is 0 Å². The summed E-state index contributed by atoms with van der Waals surface area (Å²) in [6, 6.07) is 11.0. The van der Waals surface area contributed by atoms with Gasteiger partial charge in [0.15, 0.2) is 0 Å². The van der Waals surface area contributed by atoms with Gasteiger partial charge in [-0.25, -0.2) is 0 Å². The maximum atomic E-state index is 12.9. The summed E-state index contributed by atoms with van der Waals surface area (Å²) in [4.78, 5) is 62.2. The van der Waals surface area contributed by atoms with Gasteiger partial charge in [0, 0.05) is 56.4 Å². The normalized spacial score (nSPS) is 15.4. The number of amides is 5. The zero-order valence-corrected chi connectivity index (χ0v) is 34.8. The van der Waals surface area contributed by atoms with Crippen molar-refractivity contribution in [1.82, 2.24) is 30.3 Å².